The van der Waals surface area contributed by atoms with Gasteiger partial charge in [0.05, 0.1) is 0 Å². The zero-order valence-corrected chi connectivity index (χ0v) is 11.5. The normalized spacial score (nSPS) is 10.2. The maximum atomic E-state index is 11.5. The maximum Gasteiger partial charge on any atom is 0.243 e. The first-order valence-electron chi connectivity index (χ1n) is 6.63. The average Bonchev–Trinajstić information content (AvgIpc) is 2.49. The van der Waals surface area contributed by atoms with Crippen LogP contribution >= 0.6 is 0 Å². The van der Waals surface area contributed by atoms with E-state index in [1.54, 1.807) is 6.08 Å². The van der Waals surface area contributed by atoms with Crippen molar-refractivity contribution in [1.29, 1.82) is 0 Å². The van der Waals surface area contributed by atoms with Crippen LogP contribution in [0.4, 0.5) is 0 Å². The minimum Gasteiger partial charge on any atom is -0.353 e. The van der Waals surface area contributed by atoms with Gasteiger partial charge in [-0.15, -0.1) is 0 Å². The standard InChI is InChI=1S/C16H20N2O2/c1-2-15(19)17-12-6-7-13-18-16(20)11-10-14-8-4-3-5-9-14/h2-5,8-11H,1,6-7,12-13H2,(H,17,19)(H,18,20)/b11-10+. The average molecular weight is 272 g/mol. The Balaban J connectivity index is 2.10. The van der Waals surface area contributed by atoms with Gasteiger partial charge in [-0.1, -0.05) is 36.9 Å². The summed E-state index contributed by atoms with van der Waals surface area (Å²) >= 11 is 0. The molecule has 20 heavy (non-hydrogen) atoms. The molecule has 0 saturated carbocycles. The Kier molecular flexibility index (Phi) is 7.50. The molecule has 1 aromatic rings. The highest BCUT2D eigenvalue weighted by atomic mass is 16.2. The lowest BCUT2D eigenvalue weighted by Gasteiger charge is -2.03. The molecule has 106 valence electrons. The molecule has 0 radical (unpaired) electrons. The van der Waals surface area contributed by atoms with Crippen LogP contribution in [-0.2, 0) is 9.59 Å². The zero-order valence-electron chi connectivity index (χ0n) is 11.5. The van der Waals surface area contributed by atoms with E-state index in [0.717, 1.165) is 18.4 Å². The van der Waals surface area contributed by atoms with Crippen LogP contribution in [0.2, 0.25) is 0 Å². The number of rotatable bonds is 8. The first-order chi connectivity index (χ1) is 9.72. The van der Waals surface area contributed by atoms with Gasteiger partial charge in [-0.05, 0) is 30.6 Å². The molecule has 1 aromatic carbocycles. The Hall–Kier alpha value is -2.36. The fraction of sp³-hybridized carbons (Fsp3) is 0.250. The Labute approximate surface area is 119 Å². The molecule has 1 rings (SSSR count). The van der Waals surface area contributed by atoms with Crippen molar-refractivity contribution >= 4 is 17.9 Å². The molecule has 0 unspecified atom stereocenters. The van der Waals surface area contributed by atoms with Crippen molar-refractivity contribution in [3.63, 3.8) is 0 Å². The Morgan fingerprint density at radius 3 is 2.20 bits per heavy atom. The summed E-state index contributed by atoms with van der Waals surface area (Å²) in [5.41, 5.74) is 0.995. The first kappa shape index (κ1) is 15.7. The second kappa shape index (κ2) is 9.55. The molecule has 0 aliphatic carbocycles. The molecule has 4 heteroatoms. The predicted octanol–water partition coefficient (Wildman–Crippen LogP) is 1.90. The fourth-order valence-electron chi connectivity index (χ4n) is 1.54. The Morgan fingerprint density at radius 2 is 1.60 bits per heavy atom. The molecule has 0 atom stereocenters. The summed E-state index contributed by atoms with van der Waals surface area (Å²) in [4.78, 5) is 22.4. The van der Waals surface area contributed by atoms with Gasteiger partial charge in [0.1, 0.15) is 0 Å². The van der Waals surface area contributed by atoms with E-state index in [-0.39, 0.29) is 11.8 Å². The molecule has 0 aromatic heterocycles. The number of carbonyl (C=O) groups is 2. The highest BCUT2D eigenvalue weighted by molar-refractivity contribution is 5.91. The number of carbonyl (C=O) groups excluding carboxylic acids is 2. The van der Waals surface area contributed by atoms with Gasteiger partial charge in [-0.3, -0.25) is 9.59 Å². The molecular weight excluding hydrogens is 252 g/mol. The number of nitrogens with one attached hydrogen (secondary N) is 2. The van der Waals surface area contributed by atoms with Crippen LogP contribution in [0.1, 0.15) is 18.4 Å². The van der Waals surface area contributed by atoms with Crippen molar-refractivity contribution in [2.75, 3.05) is 13.1 Å². The highest BCUT2D eigenvalue weighted by Crippen LogP contribution is 2.00. The van der Waals surface area contributed by atoms with Gasteiger partial charge in [0, 0.05) is 19.2 Å². The summed E-state index contributed by atoms with van der Waals surface area (Å²) in [5.74, 6) is -0.274. The molecule has 0 aliphatic rings. The van der Waals surface area contributed by atoms with Crippen LogP contribution in [0.5, 0.6) is 0 Å². The summed E-state index contributed by atoms with van der Waals surface area (Å²) in [6.07, 6.45) is 6.19. The van der Waals surface area contributed by atoms with Crippen LogP contribution in [0.3, 0.4) is 0 Å². The molecule has 0 spiro atoms. The topological polar surface area (TPSA) is 58.2 Å². The van der Waals surface area contributed by atoms with Crippen molar-refractivity contribution in [2.24, 2.45) is 0 Å². The van der Waals surface area contributed by atoms with Crippen LogP contribution in [0.15, 0.2) is 49.1 Å². The van der Waals surface area contributed by atoms with Crippen molar-refractivity contribution in [1.82, 2.24) is 10.6 Å². The molecule has 0 bridgehead atoms. The van der Waals surface area contributed by atoms with Crippen molar-refractivity contribution in [3.8, 4) is 0 Å². The van der Waals surface area contributed by atoms with E-state index in [1.165, 1.54) is 12.2 Å². The molecular formula is C16H20N2O2. The summed E-state index contributed by atoms with van der Waals surface area (Å²) in [5, 5.41) is 5.48. The van der Waals surface area contributed by atoms with Gasteiger partial charge in [0.25, 0.3) is 0 Å². The monoisotopic (exact) mass is 272 g/mol. The zero-order chi connectivity index (χ0) is 14.6. The predicted molar refractivity (Wildman–Crippen MR) is 80.9 cm³/mol. The van der Waals surface area contributed by atoms with E-state index in [1.807, 2.05) is 30.3 Å². The van der Waals surface area contributed by atoms with Crippen LogP contribution in [0.25, 0.3) is 6.08 Å². The second-order valence-electron chi connectivity index (χ2n) is 4.24. The Bertz CT molecular complexity index is 467. The second-order valence-corrected chi connectivity index (χ2v) is 4.24. The molecule has 0 fully saturated rings. The van der Waals surface area contributed by atoms with Gasteiger partial charge in [0.2, 0.25) is 11.8 Å². The minimum atomic E-state index is -0.167. The third-order valence-electron chi connectivity index (χ3n) is 2.61. The number of hydrogen-bond donors (Lipinski definition) is 2. The van der Waals surface area contributed by atoms with E-state index in [4.69, 9.17) is 0 Å². The van der Waals surface area contributed by atoms with Crippen molar-refractivity contribution in [3.05, 3.63) is 54.6 Å². The quantitative estimate of drug-likeness (QED) is 0.561. The van der Waals surface area contributed by atoms with Gasteiger partial charge in [-0.25, -0.2) is 0 Å². The van der Waals surface area contributed by atoms with Crippen molar-refractivity contribution < 1.29 is 9.59 Å². The molecule has 0 aliphatic heterocycles. The van der Waals surface area contributed by atoms with Crippen molar-refractivity contribution in [2.45, 2.75) is 12.8 Å². The summed E-state index contributed by atoms with van der Waals surface area (Å²) < 4.78 is 0. The van der Waals surface area contributed by atoms with Gasteiger partial charge in [-0.2, -0.15) is 0 Å². The third kappa shape index (κ3) is 7.16. The first-order valence-corrected chi connectivity index (χ1v) is 6.63. The van der Waals surface area contributed by atoms with Crippen LogP contribution in [0, 0.1) is 0 Å². The summed E-state index contributed by atoms with van der Waals surface area (Å²) in [6.45, 7) is 4.56. The van der Waals surface area contributed by atoms with Gasteiger partial charge < -0.3 is 10.6 Å². The number of amides is 2. The summed E-state index contributed by atoms with van der Waals surface area (Å²) in [7, 11) is 0. The largest absolute Gasteiger partial charge is 0.353 e. The van der Waals surface area contributed by atoms with E-state index in [9.17, 15) is 9.59 Å². The molecule has 2 N–H and O–H groups in total. The van der Waals surface area contributed by atoms with E-state index >= 15 is 0 Å². The SMILES string of the molecule is C=CC(=O)NCCCCNC(=O)/C=C/c1ccccc1. The van der Waals surface area contributed by atoms with E-state index < -0.39 is 0 Å². The third-order valence-corrected chi connectivity index (χ3v) is 2.61. The number of benzene rings is 1. The Morgan fingerprint density at radius 1 is 1.00 bits per heavy atom. The lowest BCUT2D eigenvalue weighted by Crippen LogP contribution is -2.25. The minimum absolute atomic E-state index is 0.107. The van der Waals surface area contributed by atoms with Gasteiger partial charge >= 0.3 is 0 Å². The maximum absolute atomic E-state index is 11.5. The number of unbranched alkanes of at least 4 members (excludes halogenated alkanes) is 1. The fourth-order valence-corrected chi connectivity index (χ4v) is 1.54. The smallest absolute Gasteiger partial charge is 0.243 e. The van der Waals surface area contributed by atoms with E-state index in [0.29, 0.717) is 13.1 Å². The van der Waals surface area contributed by atoms with E-state index in [2.05, 4.69) is 17.2 Å². The van der Waals surface area contributed by atoms with Crippen LogP contribution in [-0.4, -0.2) is 24.9 Å². The lowest BCUT2D eigenvalue weighted by atomic mass is 10.2. The highest BCUT2D eigenvalue weighted by Gasteiger charge is 1.96. The number of hydrogen-bond acceptors (Lipinski definition) is 2. The van der Waals surface area contributed by atoms with Gasteiger partial charge in [0.15, 0.2) is 0 Å². The van der Waals surface area contributed by atoms with Crippen LogP contribution < -0.4 is 10.6 Å². The molecule has 4 nitrogen and oxygen atoms in total. The molecule has 0 saturated heterocycles. The summed E-state index contributed by atoms with van der Waals surface area (Å²) in [6, 6.07) is 9.66. The molecule has 0 heterocycles. The lowest BCUT2D eigenvalue weighted by molar-refractivity contribution is -0.117. The molecule has 2 amide bonds.